The van der Waals surface area contributed by atoms with Crippen LogP contribution in [0.4, 0.5) is 11.4 Å². The lowest BCUT2D eigenvalue weighted by Gasteiger charge is -2.25. The molecule has 0 bridgehead atoms. The maximum atomic E-state index is 4.59. The monoisotopic (exact) mass is 316 g/mol. The molecule has 0 radical (unpaired) electrons. The van der Waals surface area contributed by atoms with Crippen LogP contribution in [0.25, 0.3) is 10.8 Å². The molecule has 0 atom stereocenters. The molecule has 1 heterocycles. The van der Waals surface area contributed by atoms with Crippen LogP contribution in [0.5, 0.6) is 0 Å². The Labute approximate surface area is 144 Å². The number of hydrogen-bond acceptors (Lipinski definition) is 2. The number of hydrogen-bond donors (Lipinski definition) is 0. The molecule has 0 unspecified atom stereocenters. The molecule has 2 aromatic carbocycles. The third kappa shape index (κ3) is 5.70. The zero-order valence-corrected chi connectivity index (χ0v) is 16.9. The smallest absolute Gasteiger partial charge is 0.106 e. The van der Waals surface area contributed by atoms with Crippen molar-refractivity contribution in [3.8, 4) is 0 Å². The van der Waals surface area contributed by atoms with Gasteiger partial charge in [-0.1, -0.05) is 79.7 Å². The van der Waals surface area contributed by atoms with E-state index in [0.717, 1.165) is 11.5 Å². The topological polar surface area (TPSA) is 15.6 Å². The van der Waals surface area contributed by atoms with Crippen molar-refractivity contribution in [2.75, 3.05) is 11.9 Å². The molecule has 0 fully saturated rings. The summed E-state index contributed by atoms with van der Waals surface area (Å²) in [5, 5.41) is 2.52. The minimum absolute atomic E-state index is 1.04. The molecule has 0 N–H and O–H groups in total. The third-order valence-corrected chi connectivity index (χ3v) is 2.99. The fourth-order valence-electron chi connectivity index (χ4n) is 2.10. The van der Waals surface area contributed by atoms with E-state index in [1.807, 2.05) is 62.3 Å². The molecular formula is C21H36N2. The summed E-state index contributed by atoms with van der Waals surface area (Å²) in [6.45, 7) is 18.0. The molecule has 130 valence electrons. The Morgan fingerprint density at radius 2 is 1.22 bits per heavy atom. The largest absolute Gasteiger partial charge is 0.333 e. The minimum Gasteiger partial charge on any atom is -0.333 e. The van der Waals surface area contributed by atoms with Crippen molar-refractivity contribution in [3.05, 3.63) is 36.4 Å². The molecule has 3 rings (SSSR count). The molecule has 0 aliphatic carbocycles. The highest BCUT2D eigenvalue weighted by atomic mass is 15.2. The molecule has 2 nitrogen and oxygen atoms in total. The maximum Gasteiger partial charge on any atom is 0.106 e. The SMILES string of the molecule is CC.CC.CC.CC.CC1=Nc2cccc3cccc(c23)N1C. The Hall–Kier alpha value is -1.83. The van der Waals surface area contributed by atoms with Crippen LogP contribution in [0.1, 0.15) is 62.3 Å². The van der Waals surface area contributed by atoms with Gasteiger partial charge in [-0.25, -0.2) is 4.99 Å². The third-order valence-electron chi connectivity index (χ3n) is 2.99. The van der Waals surface area contributed by atoms with Crippen LogP contribution < -0.4 is 4.90 Å². The average molecular weight is 317 g/mol. The summed E-state index contributed by atoms with van der Waals surface area (Å²) < 4.78 is 0. The van der Waals surface area contributed by atoms with Crippen molar-refractivity contribution in [2.24, 2.45) is 4.99 Å². The molecule has 0 amide bonds. The van der Waals surface area contributed by atoms with E-state index in [9.17, 15) is 0 Å². The van der Waals surface area contributed by atoms with E-state index >= 15 is 0 Å². The first-order chi connectivity index (χ1) is 11.3. The van der Waals surface area contributed by atoms with Gasteiger partial charge in [0, 0.05) is 12.4 Å². The summed E-state index contributed by atoms with van der Waals surface area (Å²) in [4.78, 5) is 6.72. The predicted octanol–water partition coefficient (Wildman–Crippen LogP) is 7.44. The standard InChI is InChI=1S/C13H12N2.4C2H6/c1-9-14-11-7-3-5-10-6-4-8-12(13(10)11)15(9)2;4*1-2/h3-8H,1-2H3;4*1-2H3. The number of aliphatic imine (C=N–C) groups is 1. The number of amidine groups is 1. The van der Waals surface area contributed by atoms with E-state index in [2.05, 4.69) is 53.3 Å². The Morgan fingerprint density at radius 3 is 1.74 bits per heavy atom. The number of anilines is 1. The molecular weight excluding hydrogens is 280 g/mol. The highest BCUT2D eigenvalue weighted by Crippen LogP contribution is 2.37. The summed E-state index contributed by atoms with van der Waals surface area (Å²) in [5.41, 5.74) is 2.33. The zero-order valence-electron chi connectivity index (χ0n) is 16.9. The fourth-order valence-corrected chi connectivity index (χ4v) is 2.10. The molecule has 0 spiro atoms. The minimum atomic E-state index is 1.04. The van der Waals surface area contributed by atoms with Gasteiger partial charge in [-0.15, -0.1) is 0 Å². The van der Waals surface area contributed by atoms with Gasteiger partial charge in [-0.3, -0.25) is 0 Å². The first kappa shape index (κ1) is 23.4. The van der Waals surface area contributed by atoms with Crippen LogP contribution in [0.2, 0.25) is 0 Å². The Kier molecular flexibility index (Phi) is 14.1. The van der Waals surface area contributed by atoms with Crippen LogP contribution in [-0.4, -0.2) is 12.9 Å². The summed E-state index contributed by atoms with van der Waals surface area (Å²) in [7, 11) is 2.06. The number of nitrogens with zero attached hydrogens (tertiary/aromatic N) is 2. The predicted molar refractivity (Wildman–Crippen MR) is 111 cm³/mol. The molecule has 0 saturated heterocycles. The van der Waals surface area contributed by atoms with E-state index in [0.29, 0.717) is 0 Å². The van der Waals surface area contributed by atoms with Crippen molar-refractivity contribution in [2.45, 2.75) is 62.3 Å². The number of rotatable bonds is 0. The highest BCUT2D eigenvalue weighted by Gasteiger charge is 2.15. The first-order valence-corrected chi connectivity index (χ1v) is 9.08. The Bertz CT molecular complexity index is 566. The average Bonchev–Trinajstić information content (AvgIpc) is 2.66. The quantitative estimate of drug-likeness (QED) is 0.493. The van der Waals surface area contributed by atoms with Crippen molar-refractivity contribution in [1.82, 2.24) is 0 Å². The Balaban J connectivity index is 0. The van der Waals surface area contributed by atoms with Gasteiger partial charge in [-0.05, 0) is 24.4 Å². The summed E-state index contributed by atoms with van der Waals surface area (Å²) in [5.74, 6) is 1.04. The van der Waals surface area contributed by atoms with Crippen LogP contribution in [0.15, 0.2) is 41.4 Å². The first-order valence-electron chi connectivity index (χ1n) is 9.08. The van der Waals surface area contributed by atoms with E-state index in [1.165, 1.54) is 16.5 Å². The normalized spacial score (nSPS) is 10.3. The van der Waals surface area contributed by atoms with Crippen molar-refractivity contribution in [3.63, 3.8) is 0 Å². The molecule has 23 heavy (non-hydrogen) atoms. The van der Waals surface area contributed by atoms with E-state index in [1.54, 1.807) is 0 Å². The summed E-state index contributed by atoms with van der Waals surface area (Å²) in [6.07, 6.45) is 0. The van der Waals surface area contributed by atoms with Gasteiger partial charge in [0.25, 0.3) is 0 Å². The van der Waals surface area contributed by atoms with Gasteiger partial charge in [-0.2, -0.15) is 0 Å². The summed E-state index contributed by atoms with van der Waals surface area (Å²) in [6, 6.07) is 12.6. The Morgan fingerprint density at radius 1 is 0.739 bits per heavy atom. The fraction of sp³-hybridized carbons (Fsp3) is 0.476. The van der Waals surface area contributed by atoms with E-state index < -0.39 is 0 Å². The number of benzene rings is 2. The molecule has 2 aromatic rings. The second-order valence-corrected chi connectivity index (χ2v) is 3.87. The van der Waals surface area contributed by atoms with E-state index in [4.69, 9.17) is 0 Å². The second-order valence-electron chi connectivity index (χ2n) is 3.87. The van der Waals surface area contributed by atoms with Gasteiger partial charge in [0.1, 0.15) is 5.84 Å². The van der Waals surface area contributed by atoms with Crippen LogP contribution in [-0.2, 0) is 0 Å². The van der Waals surface area contributed by atoms with Gasteiger partial charge >= 0.3 is 0 Å². The van der Waals surface area contributed by atoms with Gasteiger partial charge in [0.2, 0.25) is 0 Å². The molecule has 1 aliphatic rings. The lowest BCUT2D eigenvalue weighted by molar-refractivity contribution is 1.23. The maximum absolute atomic E-state index is 4.59. The van der Waals surface area contributed by atoms with Crippen LogP contribution in [0, 0.1) is 0 Å². The van der Waals surface area contributed by atoms with Crippen LogP contribution >= 0.6 is 0 Å². The highest BCUT2D eigenvalue weighted by molar-refractivity contribution is 6.13. The summed E-state index contributed by atoms with van der Waals surface area (Å²) >= 11 is 0. The van der Waals surface area contributed by atoms with Gasteiger partial charge < -0.3 is 4.90 Å². The molecule has 0 saturated carbocycles. The lowest BCUT2D eigenvalue weighted by Crippen LogP contribution is -2.25. The van der Waals surface area contributed by atoms with Crippen molar-refractivity contribution < 1.29 is 0 Å². The molecule has 1 aliphatic heterocycles. The van der Waals surface area contributed by atoms with Gasteiger partial charge in [0.15, 0.2) is 0 Å². The van der Waals surface area contributed by atoms with Gasteiger partial charge in [0.05, 0.1) is 11.4 Å². The zero-order chi connectivity index (χ0) is 18.4. The second kappa shape index (κ2) is 13.8. The molecule has 2 heteroatoms. The van der Waals surface area contributed by atoms with E-state index in [-0.39, 0.29) is 0 Å². The van der Waals surface area contributed by atoms with Crippen molar-refractivity contribution in [1.29, 1.82) is 0 Å². The van der Waals surface area contributed by atoms with Crippen molar-refractivity contribution >= 4 is 28.0 Å². The lowest BCUT2D eigenvalue weighted by atomic mass is 10.0. The molecule has 0 aromatic heterocycles. The van der Waals surface area contributed by atoms with Crippen LogP contribution in [0.3, 0.4) is 0 Å².